The normalized spacial score (nSPS) is 10.8. The molecule has 0 saturated carbocycles. The summed E-state index contributed by atoms with van der Waals surface area (Å²) >= 11 is 1.59. The number of aromatic nitrogens is 1. The van der Waals surface area contributed by atoms with E-state index in [2.05, 4.69) is 9.98 Å². The molecule has 0 radical (unpaired) electrons. The van der Waals surface area contributed by atoms with Crippen molar-refractivity contribution in [3.8, 4) is 0 Å². The maximum atomic E-state index is 4.03. The average molecular weight is 140 g/mol. The lowest BCUT2D eigenvalue weighted by atomic mass is 10.5. The lowest BCUT2D eigenvalue weighted by Crippen LogP contribution is -1.79. The number of aliphatic imine (C=N–C) groups is 1. The molecule has 0 fully saturated rings. The summed E-state index contributed by atoms with van der Waals surface area (Å²) < 4.78 is 0. The summed E-state index contributed by atoms with van der Waals surface area (Å²) in [5.74, 6) is 0. The molecule has 1 rings (SSSR count). The Morgan fingerprint density at radius 3 is 3.33 bits per heavy atom. The third-order valence-corrected chi connectivity index (χ3v) is 1.46. The predicted molar refractivity (Wildman–Crippen MR) is 40.2 cm³/mol. The first-order valence-corrected chi connectivity index (χ1v) is 3.75. The number of rotatable bonds is 2. The Balaban J connectivity index is 2.57. The first-order valence-electron chi connectivity index (χ1n) is 2.81. The van der Waals surface area contributed by atoms with Crippen molar-refractivity contribution in [3.63, 3.8) is 0 Å². The molecule has 0 N–H and O–H groups in total. The van der Waals surface area contributed by atoms with Crippen molar-refractivity contribution in [2.45, 2.75) is 6.92 Å². The molecule has 1 aromatic rings. The Kier molecular flexibility index (Phi) is 2.39. The maximum absolute atomic E-state index is 4.03. The second-order valence-electron chi connectivity index (χ2n) is 1.54. The molecule has 0 bridgehead atoms. The largest absolute Gasteiger partial charge is 0.291 e. The number of thiazole rings is 1. The number of hydrogen-bond donors (Lipinski definition) is 0. The number of hydrogen-bond acceptors (Lipinski definition) is 3. The standard InChI is InChI=1S/C6H8N2S/c1-2-7-3-6-4-9-5-8-6/h3-5H,2H2,1H3. The van der Waals surface area contributed by atoms with Crippen molar-refractivity contribution < 1.29 is 0 Å². The second-order valence-corrected chi connectivity index (χ2v) is 2.26. The predicted octanol–water partition coefficient (Wildman–Crippen LogP) is 1.58. The summed E-state index contributed by atoms with van der Waals surface area (Å²) in [7, 11) is 0. The Bertz CT molecular complexity index is 179. The van der Waals surface area contributed by atoms with Gasteiger partial charge in [-0.2, -0.15) is 0 Å². The molecule has 3 heteroatoms. The van der Waals surface area contributed by atoms with E-state index in [-0.39, 0.29) is 0 Å². The van der Waals surface area contributed by atoms with E-state index in [4.69, 9.17) is 0 Å². The molecule has 0 saturated heterocycles. The van der Waals surface area contributed by atoms with Crippen LogP contribution in [0.4, 0.5) is 0 Å². The molecule has 1 heterocycles. The van der Waals surface area contributed by atoms with Gasteiger partial charge < -0.3 is 0 Å². The van der Waals surface area contributed by atoms with E-state index in [9.17, 15) is 0 Å². The van der Waals surface area contributed by atoms with Crippen molar-refractivity contribution in [2.24, 2.45) is 4.99 Å². The van der Waals surface area contributed by atoms with Gasteiger partial charge in [-0.1, -0.05) is 0 Å². The molecule has 0 aliphatic carbocycles. The molecule has 0 aromatic carbocycles. The fourth-order valence-electron chi connectivity index (χ4n) is 0.470. The first-order chi connectivity index (χ1) is 4.43. The van der Waals surface area contributed by atoms with Crippen LogP contribution in [0.1, 0.15) is 12.6 Å². The maximum Gasteiger partial charge on any atom is 0.0916 e. The van der Waals surface area contributed by atoms with Gasteiger partial charge >= 0.3 is 0 Å². The highest BCUT2D eigenvalue weighted by molar-refractivity contribution is 7.07. The van der Waals surface area contributed by atoms with Gasteiger partial charge in [0, 0.05) is 18.1 Å². The molecule has 0 atom stereocenters. The van der Waals surface area contributed by atoms with Crippen molar-refractivity contribution >= 4 is 17.6 Å². The molecular weight excluding hydrogens is 132 g/mol. The topological polar surface area (TPSA) is 25.2 Å². The van der Waals surface area contributed by atoms with Crippen LogP contribution in [-0.2, 0) is 0 Å². The van der Waals surface area contributed by atoms with Crippen LogP contribution in [0.3, 0.4) is 0 Å². The molecule has 48 valence electrons. The van der Waals surface area contributed by atoms with Crippen LogP contribution in [-0.4, -0.2) is 17.7 Å². The van der Waals surface area contributed by atoms with E-state index in [0.717, 1.165) is 12.2 Å². The quantitative estimate of drug-likeness (QED) is 0.572. The van der Waals surface area contributed by atoms with Gasteiger partial charge in [-0.15, -0.1) is 11.3 Å². The molecule has 0 aliphatic heterocycles. The minimum absolute atomic E-state index is 0.831. The highest BCUT2D eigenvalue weighted by Gasteiger charge is 1.84. The van der Waals surface area contributed by atoms with Gasteiger partial charge in [-0.25, -0.2) is 4.98 Å². The van der Waals surface area contributed by atoms with Gasteiger partial charge in [0.05, 0.1) is 11.2 Å². The average Bonchev–Trinajstić information content (AvgIpc) is 2.34. The van der Waals surface area contributed by atoms with E-state index < -0.39 is 0 Å². The summed E-state index contributed by atoms with van der Waals surface area (Å²) in [6.07, 6.45) is 1.79. The van der Waals surface area contributed by atoms with Crippen molar-refractivity contribution in [1.29, 1.82) is 0 Å². The van der Waals surface area contributed by atoms with Crippen LogP contribution in [0.15, 0.2) is 15.9 Å². The zero-order valence-electron chi connectivity index (χ0n) is 5.24. The Labute approximate surface area is 58.3 Å². The van der Waals surface area contributed by atoms with Gasteiger partial charge in [0.25, 0.3) is 0 Å². The Morgan fingerprint density at radius 1 is 1.89 bits per heavy atom. The third-order valence-electron chi connectivity index (χ3n) is 0.858. The van der Waals surface area contributed by atoms with Crippen molar-refractivity contribution in [1.82, 2.24) is 4.98 Å². The zero-order chi connectivity index (χ0) is 6.53. The van der Waals surface area contributed by atoms with Gasteiger partial charge in [-0.05, 0) is 6.92 Å². The monoisotopic (exact) mass is 140 g/mol. The summed E-state index contributed by atoms with van der Waals surface area (Å²) in [5, 5.41) is 1.97. The summed E-state index contributed by atoms with van der Waals surface area (Å²) in [4.78, 5) is 8.06. The zero-order valence-corrected chi connectivity index (χ0v) is 6.06. The van der Waals surface area contributed by atoms with Crippen molar-refractivity contribution in [2.75, 3.05) is 6.54 Å². The van der Waals surface area contributed by atoms with Gasteiger partial charge in [-0.3, -0.25) is 4.99 Å². The smallest absolute Gasteiger partial charge is 0.0916 e. The van der Waals surface area contributed by atoms with E-state index >= 15 is 0 Å². The van der Waals surface area contributed by atoms with Gasteiger partial charge in [0.15, 0.2) is 0 Å². The van der Waals surface area contributed by atoms with E-state index in [1.165, 1.54) is 0 Å². The molecule has 0 aliphatic rings. The Hall–Kier alpha value is -0.700. The van der Waals surface area contributed by atoms with Crippen LogP contribution >= 0.6 is 11.3 Å². The minimum Gasteiger partial charge on any atom is -0.291 e. The Morgan fingerprint density at radius 2 is 2.78 bits per heavy atom. The molecule has 9 heavy (non-hydrogen) atoms. The second kappa shape index (κ2) is 3.35. The van der Waals surface area contributed by atoms with Crippen LogP contribution in [0.2, 0.25) is 0 Å². The minimum atomic E-state index is 0.831. The summed E-state index contributed by atoms with van der Waals surface area (Å²) in [6, 6.07) is 0. The van der Waals surface area contributed by atoms with E-state index in [0.29, 0.717) is 0 Å². The van der Waals surface area contributed by atoms with Crippen molar-refractivity contribution in [3.05, 3.63) is 16.6 Å². The van der Waals surface area contributed by atoms with Crippen LogP contribution in [0, 0.1) is 0 Å². The van der Waals surface area contributed by atoms with Crippen LogP contribution in [0.5, 0.6) is 0 Å². The highest BCUT2D eigenvalue weighted by atomic mass is 32.1. The van der Waals surface area contributed by atoms with Crippen LogP contribution in [0.25, 0.3) is 0 Å². The lowest BCUT2D eigenvalue weighted by Gasteiger charge is -1.78. The van der Waals surface area contributed by atoms with Crippen LogP contribution < -0.4 is 0 Å². The molecular formula is C6H8N2S. The molecule has 0 spiro atoms. The van der Waals surface area contributed by atoms with Gasteiger partial charge in [0.2, 0.25) is 0 Å². The summed E-state index contributed by atoms with van der Waals surface area (Å²) in [6.45, 7) is 2.83. The summed E-state index contributed by atoms with van der Waals surface area (Å²) in [5.41, 5.74) is 2.76. The third kappa shape index (κ3) is 1.93. The molecule has 2 nitrogen and oxygen atoms in total. The lowest BCUT2D eigenvalue weighted by molar-refractivity contribution is 1.14. The molecule has 1 aromatic heterocycles. The molecule has 0 amide bonds. The highest BCUT2D eigenvalue weighted by Crippen LogP contribution is 1.96. The fourth-order valence-corrected chi connectivity index (χ4v) is 0.975. The fraction of sp³-hybridized carbons (Fsp3) is 0.333. The van der Waals surface area contributed by atoms with E-state index in [1.807, 2.05) is 12.3 Å². The SMILES string of the molecule is CCN=Cc1cscn1. The molecule has 0 unspecified atom stereocenters. The first kappa shape index (κ1) is 6.42. The number of nitrogens with zero attached hydrogens (tertiary/aromatic N) is 2. The van der Waals surface area contributed by atoms with E-state index in [1.54, 1.807) is 23.1 Å². The van der Waals surface area contributed by atoms with Gasteiger partial charge in [0.1, 0.15) is 0 Å².